The first-order chi connectivity index (χ1) is 15.5. The van der Waals surface area contributed by atoms with Gasteiger partial charge >= 0.3 is 0 Å². The Morgan fingerprint density at radius 3 is 2.47 bits per heavy atom. The molecule has 1 saturated heterocycles. The van der Waals surface area contributed by atoms with Gasteiger partial charge in [0.1, 0.15) is 0 Å². The van der Waals surface area contributed by atoms with Gasteiger partial charge in [0.05, 0.1) is 34.6 Å². The summed E-state index contributed by atoms with van der Waals surface area (Å²) in [4.78, 5) is 28.0. The van der Waals surface area contributed by atoms with Crippen LogP contribution in [0.2, 0.25) is 0 Å². The number of para-hydroxylation sites is 2. The zero-order chi connectivity index (χ0) is 22.2. The second kappa shape index (κ2) is 8.40. The van der Waals surface area contributed by atoms with E-state index >= 15 is 0 Å². The molecule has 0 spiro atoms. The summed E-state index contributed by atoms with van der Waals surface area (Å²) in [5.74, 6) is 0.692. The van der Waals surface area contributed by atoms with E-state index < -0.39 is 0 Å². The maximum atomic E-state index is 13.3. The molecule has 1 amide bonds. The van der Waals surface area contributed by atoms with Crippen molar-refractivity contribution < 1.29 is 9.53 Å². The Balaban J connectivity index is 1.55. The summed E-state index contributed by atoms with van der Waals surface area (Å²) in [6.07, 6.45) is 0.0387. The van der Waals surface area contributed by atoms with Crippen molar-refractivity contribution in [2.45, 2.75) is 31.2 Å². The van der Waals surface area contributed by atoms with Crippen LogP contribution < -0.4 is 5.56 Å². The highest BCUT2D eigenvalue weighted by molar-refractivity contribution is 7.99. The SMILES string of the molecule is CC1CN(C(=O)CSc2nnc3n(-c4ccccc4)c(=O)c4ccccc4n23)CC(C)O1. The highest BCUT2D eigenvalue weighted by Crippen LogP contribution is 2.24. The van der Waals surface area contributed by atoms with Gasteiger partial charge < -0.3 is 9.64 Å². The van der Waals surface area contributed by atoms with Crippen LogP contribution in [0.1, 0.15) is 13.8 Å². The van der Waals surface area contributed by atoms with Crippen molar-refractivity contribution in [3.63, 3.8) is 0 Å². The Labute approximate surface area is 188 Å². The van der Waals surface area contributed by atoms with E-state index in [1.165, 1.54) is 11.8 Å². The minimum Gasteiger partial charge on any atom is -0.372 e. The third-order valence-corrected chi connectivity index (χ3v) is 6.42. The summed E-state index contributed by atoms with van der Waals surface area (Å²) < 4.78 is 9.15. The van der Waals surface area contributed by atoms with E-state index in [9.17, 15) is 9.59 Å². The number of hydrogen-bond donors (Lipinski definition) is 0. The third-order valence-electron chi connectivity index (χ3n) is 5.51. The van der Waals surface area contributed by atoms with Crippen LogP contribution in [0.5, 0.6) is 0 Å². The average molecular weight is 450 g/mol. The minimum atomic E-state index is -0.157. The van der Waals surface area contributed by atoms with E-state index in [1.807, 2.05) is 71.7 Å². The molecule has 0 bridgehead atoms. The number of hydrogen-bond acceptors (Lipinski definition) is 6. The van der Waals surface area contributed by atoms with Crippen molar-refractivity contribution in [2.75, 3.05) is 18.8 Å². The Morgan fingerprint density at radius 2 is 1.72 bits per heavy atom. The van der Waals surface area contributed by atoms with Gasteiger partial charge in [0.25, 0.3) is 5.56 Å². The van der Waals surface area contributed by atoms with Gasteiger partial charge in [0.2, 0.25) is 11.7 Å². The Morgan fingerprint density at radius 1 is 1.03 bits per heavy atom. The topological polar surface area (TPSA) is 81.7 Å². The van der Waals surface area contributed by atoms with Crippen molar-refractivity contribution in [1.82, 2.24) is 24.1 Å². The van der Waals surface area contributed by atoms with Gasteiger partial charge in [-0.1, -0.05) is 42.1 Å². The molecule has 0 aliphatic carbocycles. The first-order valence-corrected chi connectivity index (χ1v) is 11.5. The van der Waals surface area contributed by atoms with Crippen molar-refractivity contribution in [3.05, 3.63) is 65.0 Å². The Hall–Kier alpha value is -3.17. The molecule has 164 valence electrons. The lowest BCUT2D eigenvalue weighted by Crippen LogP contribution is -2.48. The molecular formula is C23H23N5O3S. The highest BCUT2D eigenvalue weighted by Gasteiger charge is 2.26. The number of ether oxygens (including phenoxy) is 1. The lowest BCUT2D eigenvalue weighted by atomic mass is 10.2. The molecule has 1 aliphatic rings. The summed E-state index contributed by atoms with van der Waals surface area (Å²) in [5.41, 5.74) is 1.27. The van der Waals surface area contributed by atoms with E-state index in [4.69, 9.17) is 4.74 Å². The molecule has 0 saturated carbocycles. The molecule has 8 nitrogen and oxygen atoms in total. The zero-order valence-corrected chi connectivity index (χ0v) is 18.7. The molecule has 9 heteroatoms. The average Bonchev–Trinajstić information content (AvgIpc) is 3.21. The standard InChI is InChI=1S/C23H23N5O3S/c1-15-12-26(13-16(2)31-15)20(29)14-32-23-25-24-22-27(17-8-4-3-5-9-17)21(30)18-10-6-7-11-19(18)28(22)23/h3-11,15-16H,12-14H2,1-2H3. The van der Waals surface area contributed by atoms with E-state index in [0.29, 0.717) is 40.6 Å². The van der Waals surface area contributed by atoms with Crippen molar-refractivity contribution in [1.29, 1.82) is 0 Å². The molecule has 3 heterocycles. The van der Waals surface area contributed by atoms with Crippen LogP contribution in [-0.4, -0.2) is 61.0 Å². The van der Waals surface area contributed by atoms with Crippen molar-refractivity contribution >= 4 is 34.3 Å². The van der Waals surface area contributed by atoms with E-state index in [0.717, 1.165) is 0 Å². The summed E-state index contributed by atoms with van der Waals surface area (Å²) in [5, 5.41) is 9.81. The number of aromatic nitrogens is 4. The van der Waals surface area contributed by atoms with Crippen molar-refractivity contribution in [3.8, 4) is 5.69 Å². The predicted molar refractivity (Wildman–Crippen MR) is 123 cm³/mol. The van der Waals surface area contributed by atoms with E-state index in [1.54, 1.807) is 10.6 Å². The number of fused-ring (bicyclic) bond motifs is 3. The number of amides is 1. The van der Waals surface area contributed by atoms with Crippen LogP contribution >= 0.6 is 11.8 Å². The zero-order valence-electron chi connectivity index (χ0n) is 17.8. The molecule has 32 heavy (non-hydrogen) atoms. The van der Waals surface area contributed by atoms with Gasteiger partial charge in [0.15, 0.2) is 5.16 Å². The van der Waals surface area contributed by atoms with Gasteiger partial charge in [-0.25, -0.2) is 4.57 Å². The molecule has 2 atom stereocenters. The first-order valence-electron chi connectivity index (χ1n) is 10.5. The van der Waals surface area contributed by atoms with Gasteiger partial charge in [-0.15, -0.1) is 10.2 Å². The maximum absolute atomic E-state index is 13.3. The molecule has 2 unspecified atom stereocenters. The van der Waals surface area contributed by atoms with Crippen LogP contribution in [0.25, 0.3) is 22.4 Å². The lowest BCUT2D eigenvalue weighted by Gasteiger charge is -2.35. The summed E-state index contributed by atoms with van der Waals surface area (Å²) in [6.45, 7) is 5.12. The van der Waals surface area contributed by atoms with Crippen LogP contribution in [0, 0.1) is 0 Å². The smallest absolute Gasteiger partial charge is 0.267 e. The van der Waals surface area contributed by atoms with Crippen LogP contribution in [0.15, 0.2) is 64.5 Å². The molecule has 0 N–H and O–H groups in total. The molecular weight excluding hydrogens is 426 g/mol. The Bertz CT molecular complexity index is 1340. The number of carbonyl (C=O) groups is 1. The van der Waals surface area contributed by atoms with Crippen LogP contribution in [0.4, 0.5) is 0 Å². The fourth-order valence-electron chi connectivity index (χ4n) is 4.18. The van der Waals surface area contributed by atoms with Crippen LogP contribution in [-0.2, 0) is 9.53 Å². The Kier molecular flexibility index (Phi) is 5.44. The quantitative estimate of drug-likeness (QED) is 0.446. The molecule has 1 aliphatic heterocycles. The number of rotatable bonds is 4. The molecule has 2 aromatic heterocycles. The van der Waals surface area contributed by atoms with Gasteiger partial charge in [0, 0.05) is 13.1 Å². The van der Waals surface area contributed by atoms with E-state index in [2.05, 4.69) is 10.2 Å². The largest absolute Gasteiger partial charge is 0.372 e. The second-order valence-electron chi connectivity index (χ2n) is 7.96. The van der Waals surface area contributed by atoms with E-state index in [-0.39, 0.29) is 29.4 Å². The monoisotopic (exact) mass is 449 g/mol. The molecule has 0 radical (unpaired) electrons. The normalized spacial score (nSPS) is 19.0. The summed E-state index contributed by atoms with van der Waals surface area (Å²) >= 11 is 1.33. The lowest BCUT2D eigenvalue weighted by molar-refractivity contribution is -0.140. The number of thioether (sulfide) groups is 1. The summed E-state index contributed by atoms with van der Waals surface area (Å²) in [7, 11) is 0. The molecule has 1 fully saturated rings. The number of benzene rings is 2. The molecule has 2 aromatic carbocycles. The second-order valence-corrected chi connectivity index (χ2v) is 8.90. The van der Waals surface area contributed by atoms with Crippen LogP contribution in [0.3, 0.4) is 0 Å². The van der Waals surface area contributed by atoms with Gasteiger partial charge in [-0.3, -0.25) is 14.0 Å². The maximum Gasteiger partial charge on any atom is 0.267 e. The first kappa shape index (κ1) is 20.7. The fraction of sp³-hybridized carbons (Fsp3) is 0.304. The number of carbonyl (C=O) groups excluding carboxylic acids is 1. The predicted octanol–water partition coefficient (Wildman–Crippen LogP) is 2.76. The minimum absolute atomic E-state index is 0.0193. The number of nitrogens with zero attached hydrogens (tertiary/aromatic N) is 5. The number of morpholine rings is 1. The third kappa shape index (κ3) is 3.67. The van der Waals surface area contributed by atoms with Gasteiger partial charge in [-0.05, 0) is 38.1 Å². The summed E-state index contributed by atoms with van der Waals surface area (Å²) in [6, 6.07) is 16.8. The molecule has 4 aromatic rings. The van der Waals surface area contributed by atoms with Gasteiger partial charge in [-0.2, -0.15) is 0 Å². The molecule has 5 rings (SSSR count). The highest BCUT2D eigenvalue weighted by atomic mass is 32.2. The fourth-order valence-corrected chi connectivity index (χ4v) is 5.02. The van der Waals surface area contributed by atoms with Crippen molar-refractivity contribution in [2.24, 2.45) is 0 Å².